The highest BCUT2D eigenvalue weighted by Crippen LogP contribution is 2.39. The zero-order valence-electron chi connectivity index (χ0n) is 39.8. The van der Waals surface area contributed by atoms with Crippen LogP contribution in [0.2, 0.25) is 0 Å². The van der Waals surface area contributed by atoms with Gasteiger partial charge in [-0.3, -0.25) is 14.7 Å². The third-order valence-electron chi connectivity index (χ3n) is 12.1. The standard InChI is InChI=1S/C54H71N5O4/c1-12-38-29-43(63-35-37-20-14-13-15-21-37)26-36(2)51(38)62-25-19-18-24-59-34-48(57-58-59)39-27-40(49(60)44(30-39)53(6,7)8)32-55-46-22-16-17-23-47(46)56-33-41-28-42(52(3,4)5)31-45(50(41)61)54(9,10)11/h13-15,20-21,26-34,46-47,60-61H,12,16-19,22-25,35H2,1-11H3/t46-,47+/m0/s1. The SMILES string of the molecule is CCc1cc(OCc2ccccc2)cc(C)c1OCCCCn1cc(-c2cc(C=N[C@H]3CCCC[C@H]3N=Cc3cc(C(C)(C)C)cc(C(C)(C)C)c3O)c(O)c(C(C)(C)C)c2)nn1. The van der Waals surface area contributed by atoms with Crippen LogP contribution in [0.15, 0.2) is 82.9 Å². The Morgan fingerprint density at radius 3 is 1.97 bits per heavy atom. The second kappa shape index (κ2) is 19.9. The Bertz CT molecular complexity index is 2380. The quantitative estimate of drug-likeness (QED) is 0.0801. The summed E-state index contributed by atoms with van der Waals surface area (Å²) in [4.78, 5) is 10.2. The van der Waals surface area contributed by atoms with Crippen LogP contribution in [0.5, 0.6) is 23.0 Å². The van der Waals surface area contributed by atoms with E-state index in [2.05, 4.69) is 123 Å². The lowest BCUT2D eigenvalue weighted by Gasteiger charge is -2.28. The van der Waals surface area contributed by atoms with Crippen LogP contribution in [0.25, 0.3) is 11.3 Å². The van der Waals surface area contributed by atoms with Crippen molar-refractivity contribution in [1.29, 1.82) is 0 Å². The lowest BCUT2D eigenvalue weighted by Crippen LogP contribution is -2.27. The Balaban J connectivity index is 1.12. The van der Waals surface area contributed by atoms with Gasteiger partial charge >= 0.3 is 0 Å². The fraction of sp³-hybridized carbons (Fsp3) is 0.481. The molecule has 9 nitrogen and oxygen atoms in total. The van der Waals surface area contributed by atoms with E-state index in [0.717, 1.165) is 101 Å². The number of benzene rings is 4. The van der Waals surface area contributed by atoms with E-state index < -0.39 is 0 Å². The molecule has 1 heterocycles. The first-order chi connectivity index (χ1) is 29.8. The first kappa shape index (κ1) is 47.0. The molecule has 0 bridgehead atoms. The topological polar surface area (TPSA) is 114 Å². The molecule has 2 N–H and O–H groups in total. The molecule has 63 heavy (non-hydrogen) atoms. The van der Waals surface area contributed by atoms with E-state index in [9.17, 15) is 10.2 Å². The van der Waals surface area contributed by atoms with E-state index >= 15 is 0 Å². The van der Waals surface area contributed by atoms with Crippen molar-refractivity contribution in [3.8, 4) is 34.3 Å². The first-order valence-corrected chi connectivity index (χ1v) is 23.0. The summed E-state index contributed by atoms with van der Waals surface area (Å²) in [5.74, 6) is 2.32. The Labute approximate surface area is 376 Å². The predicted octanol–water partition coefficient (Wildman–Crippen LogP) is 12.4. The van der Waals surface area contributed by atoms with Gasteiger partial charge in [-0.05, 0) is 108 Å². The van der Waals surface area contributed by atoms with Gasteiger partial charge in [-0.25, -0.2) is 0 Å². The summed E-state index contributed by atoms with van der Waals surface area (Å²) in [6.45, 7) is 25.4. The van der Waals surface area contributed by atoms with Gasteiger partial charge in [0.2, 0.25) is 0 Å². The zero-order chi connectivity index (χ0) is 45.5. The summed E-state index contributed by atoms with van der Waals surface area (Å²) in [6, 6.07) is 22.5. The summed E-state index contributed by atoms with van der Waals surface area (Å²) in [7, 11) is 0. The summed E-state index contributed by atoms with van der Waals surface area (Å²) in [5.41, 5.74) is 8.70. The summed E-state index contributed by atoms with van der Waals surface area (Å²) < 4.78 is 14.3. The van der Waals surface area contributed by atoms with Crippen LogP contribution in [0.3, 0.4) is 0 Å². The predicted molar refractivity (Wildman–Crippen MR) is 259 cm³/mol. The monoisotopic (exact) mass is 854 g/mol. The number of ether oxygens (including phenoxy) is 2. The minimum Gasteiger partial charge on any atom is -0.507 e. The number of hydrogen-bond donors (Lipinski definition) is 2. The minimum absolute atomic E-state index is 0.0356. The number of rotatable bonds is 15. The van der Waals surface area contributed by atoms with Gasteiger partial charge in [0.15, 0.2) is 0 Å². The molecule has 0 unspecified atom stereocenters. The first-order valence-electron chi connectivity index (χ1n) is 23.0. The maximum Gasteiger partial charge on any atom is 0.128 e. The average Bonchev–Trinajstić information content (AvgIpc) is 3.71. The fourth-order valence-corrected chi connectivity index (χ4v) is 8.22. The van der Waals surface area contributed by atoms with E-state index in [4.69, 9.17) is 19.5 Å². The number of phenols is 2. The van der Waals surface area contributed by atoms with Crippen LogP contribution in [0.4, 0.5) is 0 Å². The second-order valence-corrected chi connectivity index (χ2v) is 20.4. The number of unbranched alkanes of at least 4 members (excludes halogenated alkanes) is 1. The van der Waals surface area contributed by atoms with Gasteiger partial charge in [0, 0.05) is 46.8 Å². The largest absolute Gasteiger partial charge is 0.507 e. The number of aryl methyl sites for hydroxylation is 3. The van der Waals surface area contributed by atoms with Crippen molar-refractivity contribution in [3.05, 3.63) is 117 Å². The number of hydrogen-bond acceptors (Lipinski definition) is 8. The maximum atomic E-state index is 11.6. The van der Waals surface area contributed by atoms with Crippen LogP contribution in [0, 0.1) is 6.92 Å². The van der Waals surface area contributed by atoms with E-state index in [-0.39, 0.29) is 34.1 Å². The van der Waals surface area contributed by atoms with Crippen LogP contribution in [-0.4, -0.2) is 56.3 Å². The van der Waals surface area contributed by atoms with Gasteiger partial charge in [-0.1, -0.05) is 124 Å². The molecule has 0 radical (unpaired) electrons. The Hall–Kier alpha value is -5.44. The lowest BCUT2D eigenvalue weighted by atomic mass is 9.79. The molecule has 1 saturated carbocycles. The van der Waals surface area contributed by atoms with Gasteiger partial charge in [0.05, 0.1) is 24.9 Å². The van der Waals surface area contributed by atoms with Gasteiger partial charge < -0.3 is 19.7 Å². The van der Waals surface area contributed by atoms with E-state index in [1.807, 2.05) is 53.6 Å². The fourth-order valence-electron chi connectivity index (χ4n) is 8.22. The second-order valence-electron chi connectivity index (χ2n) is 20.4. The maximum absolute atomic E-state index is 11.6. The van der Waals surface area contributed by atoms with Crippen LogP contribution >= 0.6 is 0 Å². The number of aromatic hydroxyl groups is 2. The zero-order valence-corrected chi connectivity index (χ0v) is 39.8. The molecule has 1 aliphatic rings. The number of phenolic OH excluding ortho intramolecular Hbond substituents is 2. The molecule has 336 valence electrons. The molecule has 1 aliphatic carbocycles. The molecule has 9 heteroatoms. The Morgan fingerprint density at radius 1 is 0.746 bits per heavy atom. The molecule has 1 fully saturated rings. The van der Waals surface area contributed by atoms with Gasteiger partial charge in [-0.2, -0.15) is 0 Å². The van der Waals surface area contributed by atoms with Crippen LogP contribution in [-0.2, 0) is 35.8 Å². The highest BCUT2D eigenvalue weighted by molar-refractivity contribution is 5.88. The molecule has 0 aliphatic heterocycles. The number of aliphatic imine (C=N–C) groups is 2. The number of nitrogens with zero attached hydrogens (tertiary/aromatic N) is 5. The van der Waals surface area contributed by atoms with Crippen molar-refractivity contribution in [2.75, 3.05) is 6.61 Å². The summed E-state index contributed by atoms with van der Waals surface area (Å²) in [6.07, 6.45) is 12.2. The van der Waals surface area contributed by atoms with Crippen molar-refractivity contribution < 1.29 is 19.7 Å². The van der Waals surface area contributed by atoms with Crippen molar-refractivity contribution in [1.82, 2.24) is 15.0 Å². The van der Waals surface area contributed by atoms with Gasteiger partial charge in [0.1, 0.15) is 35.3 Å². The van der Waals surface area contributed by atoms with E-state index in [1.54, 1.807) is 0 Å². The van der Waals surface area contributed by atoms with Crippen molar-refractivity contribution >= 4 is 12.4 Å². The molecule has 0 saturated heterocycles. The minimum atomic E-state index is -0.322. The average molecular weight is 854 g/mol. The molecule has 4 aromatic carbocycles. The smallest absolute Gasteiger partial charge is 0.128 e. The Kier molecular flexibility index (Phi) is 14.9. The molecule has 0 spiro atoms. The van der Waals surface area contributed by atoms with Crippen LogP contribution < -0.4 is 9.47 Å². The molecular weight excluding hydrogens is 783 g/mol. The lowest BCUT2D eigenvalue weighted by molar-refractivity contribution is 0.291. The van der Waals surface area contributed by atoms with Crippen molar-refractivity contribution in [2.24, 2.45) is 9.98 Å². The highest BCUT2D eigenvalue weighted by Gasteiger charge is 2.27. The number of aromatic nitrogens is 3. The summed E-state index contributed by atoms with van der Waals surface area (Å²) in [5, 5.41) is 32.1. The molecular formula is C54H71N5O4. The normalized spacial score (nSPS) is 16.3. The van der Waals surface area contributed by atoms with E-state index in [1.165, 1.54) is 5.56 Å². The third-order valence-corrected chi connectivity index (χ3v) is 12.1. The highest BCUT2D eigenvalue weighted by atomic mass is 16.5. The molecule has 6 rings (SSSR count). The Morgan fingerprint density at radius 2 is 1.37 bits per heavy atom. The van der Waals surface area contributed by atoms with Crippen molar-refractivity contribution in [3.63, 3.8) is 0 Å². The van der Waals surface area contributed by atoms with Gasteiger partial charge in [0.25, 0.3) is 0 Å². The molecule has 0 amide bonds. The molecule has 5 aromatic rings. The third kappa shape index (κ3) is 12.2. The van der Waals surface area contributed by atoms with E-state index in [0.29, 0.717) is 31.1 Å². The molecule has 2 atom stereocenters. The van der Waals surface area contributed by atoms with Crippen molar-refractivity contribution in [2.45, 2.75) is 163 Å². The molecule has 1 aromatic heterocycles. The van der Waals surface area contributed by atoms with Gasteiger partial charge in [-0.15, -0.1) is 5.10 Å². The summed E-state index contributed by atoms with van der Waals surface area (Å²) >= 11 is 0. The van der Waals surface area contributed by atoms with Crippen LogP contribution in [0.1, 0.15) is 152 Å².